The predicted molar refractivity (Wildman–Crippen MR) is 197 cm³/mol. The van der Waals surface area contributed by atoms with Gasteiger partial charge in [-0.2, -0.15) is 45.3 Å². The third kappa shape index (κ3) is 8.55. The van der Waals surface area contributed by atoms with Gasteiger partial charge in [0.25, 0.3) is 5.92 Å². The second kappa shape index (κ2) is 14.9. The molecule has 3 heterocycles. The van der Waals surface area contributed by atoms with Crippen LogP contribution in [0, 0.1) is 29.4 Å². The van der Waals surface area contributed by atoms with E-state index < -0.39 is 95.8 Å². The topological polar surface area (TPSA) is 110 Å². The number of nitrogens with one attached hydrogen (secondary N) is 2. The van der Waals surface area contributed by atoms with Crippen LogP contribution in [0.4, 0.5) is 49.7 Å². The van der Waals surface area contributed by atoms with Crippen molar-refractivity contribution in [3.8, 4) is 23.0 Å². The molecule has 3 N–H and O–H groups in total. The first-order valence-electron chi connectivity index (χ1n) is 17.6. The van der Waals surface area contributed by atoms with Crippen LogP contribution in [0.1, 0.15) is 66.1 Å². The molecular formula is C38H30ClF10N7O2S. The summed E-state index contributed by atoms with van der Waals surface area (Å²) in [5.74, 6) is -4.29. The van der Waals surface area contributed by atoms with E-state index in [-0.39, 0.29) is 60.9 Å². The van der Waals surface area contributed by atoms with E-state index in [9.17, 15) is 45.0 Å². The average Bonchev–Trinajstić information content (AvgIpc) is 3.63. The smallest absolute Gasteiger partial charge is 0.378 e. The zero-order valence-electron chi connectivity index (χ0n) is 30.8. The van der Waals surface area contributed by atoms with Crippen LogP contribution in [0.3, 0.4) is 0 Å². The molecule has 9 nitrogen and oxygen atoms in total. The molecule has 5 aromatic rings. The van der Waals surface area contributed by atoms with Crippen LogP contribution in [0.15, 0.2) is 42.5 Å². The minimum absolute atomic E-state index is 0.00425. The third-order valence-electron chi connectivity index (χ3n) is 9.60. The lowest BCUT2D eigenvalue weighted by atomic mass is 9.93. The number of rotatable bonds is 10. The van der Waals surface area contributed by atoms with Gasteiger partial charge in [0.1, 0.15) is 41.7 Å². The van der Waals surface area contributed by atoms with Gasteiger partial charge in [0.2, 0.25) is 5.91 Å². The molecule has 3 atom stereocenters. The highest BCUT2D eigenvalue weighted by Gasteiger charge is 2.68. The highest BCUT2D eigenvalue weighted by Crippen LogP contribution is 2.68. The van der Waals surface area contributed by atoms with Crippen LogP contribution in [-0.4, -0.2) is 53.6 Å². The van der Waals surface area contributed by atoms with Crippen molar-refractivity contribution in [2.75, 3.05) is 11.0 Å². The van der Waals surface area contributed by atoms with Crippen molar-refractivity contribution in [2.45, 2.75) is 75.6 Å². The fourth-order valence-corrected chi connectivity index (χ4v) is 7.93. The molecule has 0 aliphatic heterocycles. The Morgan fingerprint density at radius 2 is 1.71 bits per heavy atom. The highest BCUT2D eigenvalue weighted by molar-refractivity contribution is 7.99. The molecule has 2 aliphatic carbocycles. The molecule has 1 amide bonds. The number of benzene rings is 2. The van der Waals surface area contributed by atoms with Gasteiger partial charge in [0.05, 0.1) is 27.7 Å². The van der Waals surface area contributed by atoms with E-state index in [0.29, 0.717) is 10.7 Å². The third-order valence-corrected chi connectivity index (χ3v) is 10.3. The summed E-state index contributed by atoms with van der Waals surface area (Å²) in [6.07, 6.45) is -9.02. The lowest BCUT2D eigenvalue weighted by Gasteiger charge is -2.23. The number of halogens is 11. The Labute approximate surface area is 337 Å². The molecule has 1 fully saturated rings. The van der Waals surface area contributed by atoms with Crippen molar-refractivity contribution in [2.24, 2.45) is 5.92 Å². The number of aromatic nitrogens is 5. The molecule has 1 saturated carbocycles. The molecule has 59 heavy (non-hydrogen) atoms. The monoisotopic (exact) mass is 873 g/mol. The van der Waals surface area contributed by atoms with Gasteiger partial charge >= 0.3 is 12.4 Å². The van der Waals surface area contributed by atoms with Gasteiger partial charge < -0.3 is 15.1 Å². The molecule has 2 aliphatic rings. The Kier molecular flexibility index (Phi) is 10.7. The van der Waals surface area contributed by atoms with Gasteiger partial charge in [-0.05, 0) is 74.4 Å². The summed E-state index contributed by atoms with van der Waals surface area (Å²) in [5, 5.41) is 20.4. The summed E-state index contributed by atoms with van der Waals surface area (Å²) in [6.45, 7) is -0.0186. The van der Waals surface area contributed by atoms with E-state index in [4.69, 9.17) is 11.6 Å². The van der Waals surface area contributed by atoms with E-state index in [1.54, 1.807) is 6.26 Å². The van der Waals surface area contributed by atoms with Crippen molar-refractivity contribution in [1.82, 2.24) is 29.9 Å². The Morgan fingerprint density at radius 3 is 2.34 bits per heavy atom. The molecule has 3 unspecified atom stereocenters. The second-order valence-electron chi connectivity index (χ2n) is 14.6. The minimum Gasteiger partial charge on any atom is -0.378 e. The molecule has 0 spiro atoms. The van der Waals surface area contributed by atoms with Crippen LogP contribution in [0.5, 0.6) is 0 Å². The lowest BCUT2D eigenvalue weighted by molar-refractivity contribution is -0.142. The van der Waals surface area contributed by atoms with Crippen LogP contribution < -0.4 is 10.0 Å². The fraction of sp³-hybridized carbons (Fsp3) is 0.368. The zero-order chi connectivity index (χ0) is 43.0. The van der Waals surface area contributed by atoms with E-state index in [1.165, 1.54) is 38.1 Å². The minimum atomic E-state index is -5.12. The number of amides is 1. The van der Waals surface area contributed by atoms with Gasteiger partial charge in [0, 0.05) is 34.9 Å². The number of pyridine rings is 1. The van der Waals surface area contributed by atoms with Crippen LogP contribution in [0.2, 0.25) is 5.02 Å². The molecule has 0 saturated heterocycles. The number of nitrogens with zero attached hydrogens (tertiary/aromatic N) is 5. The van der Waals surface area contributed by atoms with Crippen molar-refractivity contribution in [3.63, 3.8) is 0 Å². The first-order valence-corrected chi connectivity index (χ1v) is 19.2. The van der Waals surface area contributed by atoms with E-state index in [2.05, 4.69) is 37.1 Å². The maximum atomic E-state index is 15.4. The van der Waals surface area contributed by atoms with Gasteiger partial charge in [-0.3, -0.25) is 14.2 Å². The first kappa shape index (κ1) is 42.1. The van der Waals surface area contributed by atoms with Crippen molar-refractivity contribution in [3.05, 3.63) is 93.0 Å². The number of anilines is 1. The number of fused-ring (bicyclic) bond motifs is 4. The normalized spacial score (nSPS) is 17.6. The second-order valence-corrected chi connectivity index (χ2v) is 15.6. The quantitative estimate of drug-likeness (QED) is 0.0731. The molecule has 312 valence electrons. The van der Waals surface area contributed by atoms with E-state index in [1.807, 2.05) is 0 Å². The number of hydrogen-bond acceptors (Lipinski definition) is 7. The number of hydrogen-bond donors (Lipinski definition) is 3. The Bertz CT molecular complexity index is 2530. The standard InChI is InChI=1S/C38H30ClF10N7O2S/c1-35(2,58)9-8-20-4-5-21(22-6-7-25(39)29-31(22)56(16-36(42,43)44)53-34(29)54-59-3)30(50-20)26(12-17-10-18(40)13-19(41)11-17)51-27(57)15-55-33-28(32(52-55)38(47,48)49)23-14-24(23)37(33,45)46/h4-7,10-11,13,23-24,26,58H,12,14-16H2,1-3H3,(H,51,57)(H,53,54). The van der Waals surface area contributed by atoms with E-state index >= 15 is 8.78 Å². The predicted octanol–water partition coefficient (Wildman–Crippen LogP) is 8.93. The van der Waals surface area contributed by atoms with Gasteiger partial charge in [0.15, 0.2) is 11.5 Å². The summed E-state index contributed by atoms with van der Waals surface area (Å²) in [7, 11) is 0. The SMILES string of the molecule is CSNc1nn(CC(F)(F)F)c2c(-c3ccc(C#CC(C)(C)O)nc3C(Cc3cc(F)cc(F)c3)NC(=O)Cn3nc(C(F)(F)F)c4c3C(F)(F)C3CC43)ccc(Cl)c12. The largest absolute Gasteiger partial charge is 0.435 e. The zero-order valence-corrected chi connectivity index (χ0v) is 32.3. The van der Waals surface area contributed by atoms with Crippen LogP contribution in [0.25, 0.3) is 22.0 Å². The molecular weight excluding hydrogens is 844 g/mol. The fourth-order valence-electron chi connectivity index (χ4n) is 7.35. The summed E-state index contributed by atoms with van der Waals surface area (Å²) in [4.78, 5) is 18.5. The Hall–Kier alpha value is -5.00. The van der Waals surface area contributed by atoms with Gasteiger partial charge in [-0.25, -0.2) is 13.8 Å². The summed E-state index contributed by atoms with van der Waals surface area (Å²) < 4.78 is 148. The van der Waals surface area contributed by atoms with Crippen molar-refractivity contribution < 1.29 is 53.8 Å². The molecule has 21 heteroatoms. The van der Waals surface area contributed by atoms with Crippen molar-refractivity contribution in [1.29, 1.82) is 0 Å². The average molecular weight is 874 g/mol. The Morgan fingerprint density at radius 1 is 1.03 bits per heavy atom. The van der Waals surface area contributed by atoms with Crippen molar-refractivity contribution >= 4 is 46.2 Å². The lowest BCUT2D eigenvalue weighted by Crippen LogP contribution is -2.35. The number of carbonyl (C=O) groups excluding carboxylic acids is 1. The van der Waals surface area contributed by atoms with Gasteiger partial charge in [-0.1, -0.05) is 35.5 Å². The summed E-state index contributed by atoms with van der Waals surface area (Å²) in [5.41, 5.74) is -5.31. The molecule has 0 radical (unpaired) electrons. The number of aliphatic hydroxyl groups is 1. The number of alkyl halides is 8. The van der Waals surface area contributed by atoms with Crippen LogP contribution in [-0.2, 0) is 36.4 Å². The molecule has 7 rings (SSSR count). The molecule has 2 aromatic carbocycles. The maximum absolute atomic E-state index is 15.4. The number of carbonyl (C=O) groups is 1. The summed E-state index contributed by atoms with van der Waals surface area (Å²) >= 11 is 7.55. The Balaban J connectivity index is 1.41. The van der Waals surface area contributed by atoms with Crippen LogP contribution >= 0.6 is 23.5 Å². The maximum Gasteiger partial charge on any atom is 0.435 e. The van der Waals surface area contributed by atoms with Gasteiger partial charge in [-0.15, -0.1) is 0 Å². The molecule has 0 bridgehead atoms. The molecule has 3 aromatic heterocycles. The summed E-state index contributed by atoms with van der Waals surface area (Å²) in [6, 6.07) is 6.32. The van der Waals surface area contributed by atoms with E-state index in [0.717, 1.165) is 24.1 Å². The first-order chi connectivity index (χ1) is 27.4. The highest BCUT2D eigenvalue weighted by atomic mass is 35.5.